The van der Waals surface area contributed by atoms with Crippen molar-refractivity contribution in [2.24, 2.45) is 5.41 Å². The molecule has 1 aromatic carbocycles. The lowest BCUT2D eigenvalue weighted by Crippen LogP contribution is -2.24. The van der Waals surface area contributed by atoms with E-state index >= 15 is 0 Å². The van der Waals surface area contributed by atoms with E-state index in [9.17, 15) is 4.39 Å². The summed E-state index contributed by atoms with van der Waals surface area (Å²) in [5, 5.41) is 4.43. The van der Waals surface area contributed by atoms with Crippen LogP contribution >= 0.6 is 0 Å². The van der Waals surface area contributed by atoms with Gasteiger partial charge in [0, 0.05) is 30.2 Å². The van der Waals surface area contributed by atoms with Crippen molar-refractivity contribution in [2.75, 3.05) is 13.1 Å². The molecule has 0 radical (unpaired) electrons. The summed E-state index contributed by atoms with van der Waals surface area (Å²) in [5.74, 6) is -0.173. The number of benzene rings is 1. The topological polar surface area (TPSA) is 17.0 Å². The molecule has 2 aromatic rings. The molecule has 0 amide bonds. The van der Waals surface area contributed by atoms with Gasteiger partial charge in [0.1, 0.15) is 5.82 Å². The predicted octanol–water partition coefficient (Wildman–Crippen LogP) is 3.81. The van der Waals surface area contributed by atoms with Gasteiger partial charge in [-0.1, -0.05) is 20.8 Å². The summed E-state index contributed by atoms with van der Waals surface area (Å²) >= 11 is 0. The molecule has 2 nitrogen and oxygen atoms in total. The summed E-state index contributed by atoms with van der Waals surface area (Å²) in [5.41, 5.74) is 1.48. The van der Waals surface area contributed by atoms with Crippen LogP contribution in [0.4, 0.5) is 4.39 Å². The zero-order valence-electron chi connectivity index (χ0n) is 12.0. The zero-order valence-corrected chi connectivity index (χ0v) is 12.0. The van der Waals surface area contributed by atoms with Gasteiger partial charge in [-0.2, -0.15) is 0 Å². The van der Waals surface area contributed by atoms with Crippen LogP contribution < -0.4 is 5.32 Å². The second-order valence-corrected chi connectivity index (χ2v) is 6.27. The Bertz CT molecular complexity index is 537. The van der Waals surface area contributed by atoms with Gasteiger partial charge in [-0.25, -0.2) is 4.39 Å². The van der Waals surface area contributed by atoms with Crippen molar-refractivity contribution in [1.29, 1.82) is 0 Å². The summed E-state index contributed by atoms with van der Waals surface area (Å²) in [7, 11) is 0. The van der Waals surface area contributed by atoms with Crippen molar-refractivity contribution < 1.29 is 4.39 Å². The first-order valence-corrected chi connectivity index (χ1v) is 6.91. The highest BCUT2D eigenvalue weighted by Crippen LogP contribution is 2.18. The van der Waals surface area contributed by atoms with Gasteiger partial charge in [0.05, 0.1) is 0 Å². The molecule has 0 aliphatic heterocycles. The van der Waals surface area contributed by atoms with Crippen molar-refractivity contribution in [3.05, 3.63) is 36.3 Å². The van der Waals surface area contributed by atoms with Crippen molar-refractivity contribution in [3.8, 4) is 0 Å². The Morgan fingerprint density at radius 2 is 1.95 bits per heavy atom. The molecule has 0 spiro atoms. The van der Waals surface area contributed by atoms with Crippen LogP contribution in [0.15, 0.2) is 30.5 Å². The van der Waals surface area contributed by atoms with E-state index in [1.54, 1.807) is 6.07 Å². The lowest BCUT2D eigenvalue weighted by Gasteiger charge is -2.18. The van der Waals surface area contributed by atoms with Crippen LogP contribution in [0.2, 0.25) is 0 Å². The molecule has 1 heterocycles. The van der Waals surface area contributed by atoms with Gasteiger partial charge in [0.15, 0.2) is 0 Å². The average Bonchev–Trinajstić information content (AvgIpc) is 2.69. The first-order chi connectivity index (χ1) is 8.96. The molecular formula is C16H23FN2. The van der Waals surface area contributed by atoms with Crippen LogP contribution in [-0.2, 0) is 6.54 Å². The van der Waals surface area contributed by atoms with E-state index in [4.69, 9.17) is 0 Å². The summed E-state index contributed by atoms with van der Waals surface area (Å²) in [6.45, 7) is 9.65. The first-order valence-electron chi connectivity index (χ1n) is 6.91. The third-order valence-corrected chi connectivity index (χ3v) is 3.31. The lowest BCUT2D eigenvalue weighted by atomic mass is 9.92. The summed E-state index contributed by atoms with van der Waals surface area (Å²) < 4.78 is 15.3. The average molecular weight is 262 g/mol. The fourth-order valence-corrected chi connectivity index (χ4v) is 2.15. The monoisotopic (exact) mass is 262 g/mol. The van der Waals surface area contributed by atoms with Crippen LogP contribution in [0.3, 0.4) is 0 Å². The summed E-state index contributed by atoms with van der Waals surface area (Å²) in [6.07, 6.45) is 3.19. The number of nitrogens with zero attached hydrogens (tertiary/aromatic N) is 1. The largest absolute Gasteiger partial charge is 0.346 e. The molecular weight excluding hydrogens is 239 g/mol. The second kappa shape index (κ2) is 5.74. The van der Waals surface area contributed by atoms with Crippen molar-refractivity contribution in [1.82, 2.24) is 9.88 Å². The van der Waals surface area contributed by atoms with Crippen molar-refractivity contribution in [2.45, 2.75) is 33.7 Å². The highest BCUT2D eigenvalue weighted by Gasteiger charge is 2.08. The van der Waals surface area contributed by atoms with Gasteiger partial charge < -0.3 is 9.88 Å². The van der Waals surface area contributed by atoms with Crippen molar-refractivity contribution in [3.63, 3.8) is 0 Å². The molecule has 2 rings (SSSR count). The molecule has 19 heavy (non-hydrogen) atoms. The lowest BCUT2D eigenvalue weighted by molar-refractivity contribution is 0.365. The number of rotatable bonds is 5. The molecule has 0 fully saturated rings. The Kier molecular flexibility index (Phi) is 4.25. The van der Waals surface area contributed by atoms with E-state index in [-0.39, 0.29) is 5.82 Å². The Hall–Kier alpha value is -1.35. The molecule has 0 saturated carbocycles. The minimum absolute atomic E-state index is 0.173. The molecule has 0 unspecified atom stereocenters. The third-order valence-electron chi connectivity index (χ3n) is 3.31. The molecule has 0 atom stereocenters. The Morgan fingerprint density at radius 1 is 1.16 bits per heavy atom. The fourth-order valence-electron chi connectivity index (χ4n) is 2.15. The molecule has 0 aliphatic carbocycles. The molecule has 1 aromatic heterocycles. The quantitative estimate of drug-likeness (QED) is 0.811. The van der Waals surface area contributed by atoms with E-state index in [0.717, 1.165) is 30.5 Å². The molecule has 3 heteroatoms. The summed E-state index contributed by atoms with van der Waals surface area (Å²) in [4.78, 5) is 0. The van der Waals surface area contributed by atoms with Gasteiger partial charge in [-0.3, -0.25) is 0 Å². The number of aromatic nitrogens is 1. The Balaban J connectivity index is 1.85. The highest BCUT2D eigenvalue weighted by molar-refractivity contribution is 5.80. The van der Waals surface area contributed by atoms with Gasteiger partial charge in [-0.05, 0) is 42.6 Å². The van der Waals surface area contributed by atoms with Crippen LogP contribution in [0.25, 0.3) is 10.9 Å². The van der Waals surface area contributed by atoms with Crippen LogP contribution in [-0.4, -0.2) is 17.7 Å². The molecule has 104 valence electrons. The summed E-state index contributed by atoms with van der Waals surface area (Å²) in [6, 6.07) is 6.91. The number of hydrogen-bond donors (Lipinski definition) is 1. The maximum atomic E-state index is 13.1. The minimum atomic E-state index is -0.173. The van der Waals surface area contributed by atoms with E-state index in [1.807, 2.05) is 18.3 Å². The van der Waals surface area contributed by atoms with Crippen molar-refractivity contribution >= 4 is 10.9 Å². The van der Waals surface area contributed by atoms with Gasteiger partial charge >= 0.3 is 0 Å². The Morgan fingerprint density at radius 3 is 2.68 bits per heavy atom. The normalized spacial score (nSPS) is 12.2. The van der Waals surface area contributed by atoms with E-state index < -0.39 is 0 Å². The maximum absolute atomic E-state index is 13.1. The van der Waals surface area contributed by atoms with Gasteiger partial charge in [0.25, 0.3) is 0 Å². The van der Waals surface area contributed by atoms with Crippen LogP contribution in [0, 0.1) is 11.2 Å². The standard InChI is InChI=1S/C16H23FN2/c1-16(2,3)7-8-18-9-11-19-10-6-13-12-14(17)4-5-15(13)19/h4-6,10,12,18H,7-9,11H2,1-3H3. The molecule has 0 bridgehead atoms. The van der Waals surface area contributed by atoms with E-state index in [0.29, 0.717) is 5.41 Å². The predicted molar refractivity (Wildman–Crippen MR) is 78.8 cm³/mol. The van der Waals surface area contributed by atoms with E-state index in [2.05, 4.69) is 30.7 Å². The number of halogens is 1. The SMILES string of the molecule is CC(C)(C)CCNCCn1ccc2cc(F)ccc21. The highest BCUT2D eigenvalue weighted by atomic mass is 19.1. The van der Waals surface area contributed by atoms with Crippen LogP contribution in [0.1, 0.15) is 27.2 Å². The zero-order chi connectivity index (χ0) is 13.9. The third kappa shape index (κ3) is 4.06. The smallest absolute Gasteiger partial charge is 0.123 e. The first kappa shape index (κ1) is 14.1. The minimum Gasteiger partial charge on any atom is -0.346 e. The van der Waals surface area contributed by atoms with Gasteiger partial charge in [0.2, 0.25) is 0 Å². The number of hydrogen-bond acceptors (Lipinski definition) is 1. The number of fused-ring (bicyclic) bond motifs is 1. The molecule has 0 saturated heterocycles. The maximum Gasteiger partial charge on any atom is 0.123 e. The molecule has 0 aliphatic rings. The van der Waals surface area contributed by atoms with Gasteiger partial charge in [-0.15, -0.1) is 0 Å². The number of nitrogens with one attached hydrogen (secondary N) is 1. The second-order valence-electron chi connectivity index (χ2n) is 6.27. The van der Waals surface area contributed by atoms with Crippen LogP contribution in [0.5, 0.6) is 0 Å². The Labute approximate surface area is 114 Å². The fraction of sp³-hybridized carbons (Fsp3) is 0.500. The molecule has 1 N–H and O–H groups in total. The van der Waals surface area contributed by atoms with E-state index in [1.165, 1.54) is 12.5 Å².